The summed E-state index contributed by atoms with van der Waals surface area (Å²) in [6.45, 7) is 3.20. The van der Waals surface area contributed by atoms with E-state index < -0.39 is 6.05 Å². The largest absolute Gasteiger partial charge is 0.491 e. The maximum Gasteiger partial charge on any atom is 0.304 e. The summed E-state index contributed by atoms with van der Waals surface area (Å²) in [5.74, 6) is 0.489. The molecule has 0 bridgehead atoms. The van der Waals surface area contributed by atoms with Gasteiger partial charge in [-0.1, -0.05) is 6.07 Å². The zero-order valence-corrected chi connectivity index (χ0v) is 19.0. The molecule has 0 aliphatic carbocycles. The molecular weight excluding hydrogens is 448 g/mol. The van der Waals surface area contributed by atoms with Crippen LogP contribution in [0.5, 0.6) is 5.75 Å². The van der Waals surface area contributed by atoms with Gasteiger partial charge in [0.1, 0.15) is 22.1 Å². The average molecular weight is 474 g/mol. The van der Waals surface area contributed by atoms with Crippen molar-refractivity contribution in [2.45, 2.75) is 31.9 Å². The summed E-state index contributed by atoms with van der Waals surface area (Å²) in [5, 5.41) is 6.09. The zero-order valence-electron chi connectivity index (χ0n) is 18.2. The third kappa shape index (κ3) is 4.45. The van der Waals surface area contributed by atoms with E-state index in [1.54, 1.807) is 0 Å². The second-order valence-corrected chi connectivity index (χ2v) is 9.50. The van der Waals surface area contributed by atoms with Gasteiger partial charge in [0.2, 0.25) is 0 Å². The Bertz CT molecular complexity index is 1220. The first kappa shape index (κ1) is 21.8. The highest BCUT2D eigenvalue weighted by molar-refractivity contribution is 7.21. The summed E-state index contributed by atoms with van der Waals surface area (Å²) in [7, 11) is 0. The number of halogens is 2. The molecule has 2 aromatic heterocycles. The molecule has 1 aromatic carbocycles. The number of aryl methyl sites for hydroxylation is 1. The van der Waals surface area contributed by atoms with Crippen LogP contribution in [0.2, 0.25) is 0 Å². The van der Waals surface area contributed by atoms with Crippen molar-refractivity contribution in [1.29, 1.82) is 0 Å². The van der Waals surface area contributed by atoms with E-state index in [-0.39, 0.29) is 31.5 Å². The number of fused-ring (bicyclic) bond motifs is 2. The molecule has 1 fully saturated rings. The minimum absolute atomic E-state index is 0.198. The minimum atomic E-state index is -2.84. The van der Waals surface area contributed by atoms with Gasteiger partial charge in [0.25, 0.3) is 5.91 Å². The number of pyridine rings is 1. The van der Waals surface area contributed by atoms with Gasteiger partial charge in [0.05, 0.1) is 11.7 Å². The van der Waals surface area contributed by atoms with E-state index in [4.69, 9.17) is 10.5 Å². The van der Waals surface area contributed by atoms with Gasteiger partial charge in [-0.2, -0.15) is 8.78 Å². The summed E-state index contributed by atoms with van der Waals surface area (Å²) in [4.78, 5) is 20.5. The third-order valence-electron chi connectivity index (χ3n) is 6.06. The van der Waals surface area contributed by atoms with Crippen molar-refractivity contribution < 1.29 is 18.3 Å². The van der Waals surface area contributed by atoms with Crippen LogP contribution in [0.25, 0.3) is 10.2 Å². The number of nitrogens with one attached hydrogen (secondary N) is 2. The Morgan fingerprint density at radius 1 is 1.33 bits per heavy atom. The Morgan fingerprint density at radius 3 is 3.03 bits per heavy atom. The van der Waals surface area contributed by atoms with Crippen molar-refractivity contribution in [2.24, 2.45) is 0 Å². The van der Waals surface area contributed by atoms with Crippen molar-refractivity contribution in [3.63, 3.8) is 0 Å². The number of ether oxygens (including phenoxy) is 1. The van der Waals surface area contributed by atoms with E-state index >= 15 is 0 Å². The lowest BCUT2D eigenvalue weighted by Crippen LogP contribution is -2.42. The molecule has 5 rings (SSSR count). The Labute approximate surface area is 193 Å². The van der Waals surface area contributed by atoms with Crippen molar-refractivity contribution in [1.82, 2.24) is 15.6 Å². The molecule has 0 radical (unpaired) electrons. The SMILES string of the molecule is Cc1ccc2c(N)c(C(=O)N[C@H]3COc4cc(N5CCNC(F)(F)CC5)ccc4C3)sc2n1. The normalized spacial score (nSPS) is 20.1. The number of benzene rings is 1. The number of amides is 1. The molecule has 33 heavy (non-hydrogen) atoms. The third-order valence-corrected chi connectivity index (χ3v) is 7.17. The summed E-state index contributed by atoms with van der Waals surface area (Å²) in [6, 6.07) is 6.50. The number of alkyl halides is 2. The number of thiophene rings is 1. The summed E-state index contributed by atoms with van der Waals surface area (Å²) < 4.78 is 33.1. The van der Waals surface area contributed by atoms with Crippen molar-refractivity contribution in [3.05, 3.63) is 46.5 Å². The maximum absolute atomic E-state index is 13.6. The predicted octanol–water partition coefficient (Wildman–Crippen LogP) is 3.31. The minimum Gasteiger partial charge on any atom is -0.491 e. The van der Waals surface area contributed by atoms with Crippen LogP contribution in [0.15, 0.2) is 30.3 Å². The molecule has 0 saturated carbocycles. The van der Waals surface area contributed by atoms with E-state index in [1.807, 2.05) is 42.2 Å². The predicted molar refractivity (Wildman–Crippen MR) is 125 cm³/mol. The number of aromatic nitrogens is 1. The molecule has 4 N–H and O–H groups in total. The van der Waals surface area contributed by atoms with Gasteiger partial charge in [-0.3, -0.25) is 10.1 Å². The molecule has 3 aromatic rings. The van der Waals surface area contributed by atoms with Crippen molar-refractivity contribution >= 4 is 38.8 Å². The summed E-state index contributed by atoms with van der Waals surface area (Å²) in [5.41, 5.74) is 9.35. The van der Waals surface area contributed by atoms with Gasteiger partial charge in [-0.25, -0.2) is 4.98 Å². The van der Waals surface area contributed by atoms with Crippen LogP contribution in [-0.2, 0) is 6.42 Å². The fourth-order valence-corrected chi connectivity index (χ4v) is 5.31. The van der Waals surface area contributed by atoms with Gasteiger partial charge < -0.3 is 20.7 Å². The average Bonchev–Trinajstić information content (AvgIpc) is 2.99. The zero-order chi connectivity index (χ0) is 23.2. The molecule has 10 heteroatoms. The van der Waals surface area contributed by atoms with Crippen LogP contribution in [-0.4, -0.2) is 49.2 Å². The highest BCUT2D eigenvalue weighted by atomic mass is 32.1. The number of hydrogen-bond donors (Lipinski definition) is 3. The first-order valence-electron chi connectivity index (χ1n) is 10.9. The van der Waals surface area contributed by atoms with Crippen molar-refractivity contribution in [3.8, 4) is 5.75 Å². The topological polar surface area (TPSA) is 92.5 Å². The summed E-state index contributed by atoms with van der Waals surface area (Å²) >= 11 is 1.29. The number of nitrogen functional groups attached to an aromatic ring is 1. The lowest BCUT2D eigenvalue weighted by molar-refractivity contribution is -0.0344. The van der Waals surface area contributed by atoms with Crippen molar-refractivity contribution in [2.75, 3.05) is 36.9 Å². The van der Waals surface area contributed by atoms with Crippen LogP contribution in [0.1, 0.15) is 27.3 Å². The van der Waals surface area contributed by atoms with Crippen LogP contribution in [0.3, 0.4) is 0 Å². The van der Waals surface area contributed by atoms with Gasteiger partial charge in [0.15, 0.2) is 0 Å². The molecule has 1 saturated heterocycles. The fourth-order valence-electron chi connectivity index (χ4n) is 4.27. The highest BCUT2D eigenvalue weighted by Crippen LogP contribution is 2.34. The smallest absolute Gasteiger partial charge is 0.304 e. The molecule has 0 unspecified atom stereocenters. The Kier molecular flexibility index (Phi) is 5.57. The monoisotopic (exact) mass is 473 g/mol. The Hall–Kier alpha value is -2.98. The van der Waals surface area contributed by atoms with E-state index in [2.05, 4.69) is 15.6 Å². The molecule has 4 heterocycles. The molecule has 174 valence electrons. The van der Waals surface area contributed by atoms with Crippen LogP contribution >= 0.6 is 11.3 Å². The van der Waals surface area contributed by atoms with E-state index in [0.717, 1.165) is 32.9 Å². The number of nitrogens with two attached hydrogens (primary N) is 1. The van der Waals surface area contributed by atoms with E-state index in [9.17, 15) is 13.6 Å². The number of rotatable bonds is 3. The lowest BCUT2D eigenvalue weighted by atomic mass is 10.0. The Morgan fingerprint density at radius 2 is 2.18 bits per heavy atom. The number of anilines is 2. The van der Waals surface area contributed by atoms with Gasteiger partial charge in [0, 0.05) is 48.9 Å². The molecule has 7 nitrogen and oxygen atoms in total. The standard InChI is InChI=1S/C23H25F2N5O2S/c1-13-2-5-17-19(26)20(33-22(17)28-13)21(31)29-15-10-14-3-4-16(11-18(14)32-12-15)30-8-6-23(24,25)27-7-9-30/h2-5,11,15,27H,6-10,12,26H2,1H3,(H,29,31)/t15-/m1/s1. The molecule has 1 atom stereocenters. The van der Waals surface area contributed by atoms with Crippen LogP contribution < -0.4 is 26.0 Å². The number of nitrogens with zero attached hydrogens (tertiary/aromatic N) is 2. The Balaban J connectivity index is 1.27. The van der Waals surface area contributed by atoms with Gasteiger partial charge in [-0.05, 0) is 37.1 Å². The lowest BCUT2D eigenvalue weighted by Gasteiger charge is -2.28. The number of hydrogen-bond acceptors (Lipinski definition) is 7. The van der Waals surface area contributed by atoms with E-state index in [0.29, 0.717) is 30.1 Å². The van der Waals surface area contributed by atoms with Crippen LogP contribution in [0.4, 0.5) is 20.2 Å². The first-order valence-corrected chi connectivity index (χ1v) is 11.7. The highest BCUT2D eigenvalue weighted by Gasteiger charge is 2.32. The molecule has 1 amide bonds. The number of carbonyl (C=O) groups is 1. The molecule has 0 spiro atoms. The van der Waals surface area contributed by atoms with Crippen LogP contribution in [0, 0.1) is 6.92 Å². The fraction of sp³-hybridized carbons (Fsp3) is 0.391. The quantitative estimate of drug-likeness (QED) is 0.506. The molecule has 2 aliphatic rings. The van der Waals surface area contributed by atoms with Gasteiger partial charge in [-0.15, -0.1) is 11.3 Å². The maximum atomic E-state index is 13.6. The summed E-state index contributed by atoms with van der Waals surface area (Å²) in [6.07, 6.45) is 0.373. The van der Waals surface area contributed by atoms with Gasteiger partial charge >= 0.3 is 6.05 Å². The first-order chi connectivity index (χ1) is 15.8. The second kappa shape index (κ2) is 8.42. The molecule has 2 aliphatic heterocycles. The molecular formula is C23H25F2N5O2S. The van der Waals surface area contributed by atoms with E-state index in [1.165, 1.54) is 11.3 Å². The second-order valence-electron chi connectivity index (χ2n) is 8.50. The number of carbonyl (C=O) groups excluding carboxylic acids is 1.